The summed E-state index contributed by atoms with van der Waals surface area (Å²) in [6, 6.07) is 17.2. The Morgan fingerprint density at radius 1 is 1.03 bits per heavy atom. The van der Waals surface area contributed by atoms with Crippen molar-refractivity contribution in [3.63, 3.8) is 0 Å². The van der Waals surface area contributed by atoms with Crippen molar-refractivity contribution >= 4 is 29.0 Å². The molecular weight excluding hydrogens is 404 g/mol. The summed E-state index contributed by atoms with van der Waals surface area (Å²) < 4.78 is 0. The second kappa shape index (κ2) is 9.05. The lowest BCUT2D eigenvalue weighted by molar-refractivity contribution is -0.118. The smallest absolute Gasteiger partial charge is 0.267 e. The zero-order valence-corrected chi connectivity index (χ0v) is 17.9. The fourth-order valence-electron chi connectivity index (χ4n) is 3.84. The van der Waals surface area contributed by atoms with E-state index in [9.17, 15) is 9.59 Å². The van der Waals surface area contributed by atoms with Crippen LogP contribution in [0.1, 0.15) is 35.8 Å². The van der Waals surface area contributed by atoms with Crippen molar-refractivity contribution in [3.05, 3.63) is 65.9 Å². The van der Waals surface area contributed by atoms with Gasteiger partial charge < -0.3 is 21.7 Å². The van der Waals surface area contributed by atoms with Crippen LogP contribution >= 0.6 is 0 Å². The number of amides is 2. The maximum absolute atomic E-state index is 11.8. The Hall–Kier alpha value is -3.94. The molecule has 0 saturated heterocycles. The minimum Gasteiger partial charge on any atom is -0.368 e. The summed E-state index contributed by atoms with van der Waals surface area (Å²) in [6.07, 6.45) is 3.10. The zero-order valence-electron chi connectivity index (χ0n) is 17.9. The van der Waals surface area contributed by atoms with E-state index in [1.165, 1.54) is 11.6 Å². The Labute approximate surface area is 186 Å². The number of hydrogen-bond donors (Lipinski definition) is 3. The molecule has 1 atom stereocenters. The number of primary amides is 2. The van der Waals surface area contributed by atoms with Crippen LogP contribution in [0.2, 0.25) is 0 Å². The number of nitrogens with one attached hydrogen (secondary N) is 1. The summed E-state index contributed by atoms with van der Waals surface area (Å²) in [5.74, 6) is -0.528. The van der Waals surface area contributed by atoms with Gasteiger partial charge in [0.05, 0.1) is 0 Å². The first-order chi connectivity index (χ1) is 15.4. The average molecular weight is 431 g/mol. The Kier molecular flexibility index (Phi) is 6.02. The molecule has 5 N–H and O–H groups in total. The molecule has 0 bridgehead atoms. The number of anilines is 3. The van der Waals surface area contributed by atoms with Gasteiger partial charge in [0.1, 0.15) is 17.6 Å². The number of nitrogens with zero attached hydrogens (tertiary/aromatic N) is 3. The Morgan fingerprint density at radius 2 is 1.81 bits per heavy atom. The van der Waals surface area contributed by atoms with Crippen molar-refractivity contribution in [2.24, 2.45) is 11.5 Å². The third-order valence-corrected chi connectivity index (χ3v) is 5.54. The third-order valence-electron chi connectivity index (χ3n) is 5.54. The monoisotopic (exact) mass is 430 g/mol. The van der Waals surface area contributed by atoms with E-state index in [2.05, 4.69) is 44.5 Å². The predicted octanol–water partition coefficient (Wildman–Crippen LogP) is 3.00. The highest BCUT2D eigenvalue weighted by Crippen LogP contribution is 2.35. The van der Waals surface area contributed by atoms with Crippen molar-refractivity contribution in [2.45, 2.75) is 32.2 Å². The molecular formula is C24H26N6O2. The van der Waals surface area contributed by atoms with Gasteiger partial charge in [-0.3, -0.25) is 9.59 Å². The first-order valence-corrected chi connectivity index (χ1v) is 10.6. The molecule has 1 aromatic heterocycles. The number of hydrogen-bond acceptors (Lipinski definition) is 6. The number of carbonyl (C=O) groups is 2. The van der Waals surface area contributed by atoms with Crippen molar-refractivity contribution in [1.82, 2.24) is 9.97 Å². The maximum Gasteiger partial charge on any atom is 0.267 e. The summed E-state index contributed by atoms with van der Waals surface area (Å²) in [7, 11) is 0. The first kappa shape index (κ1) is 21.3. The molecule has 164 valence electrons. The van der Waals surface area contributed by atoms with Crippen LogP contribution in [0.15, 0.2) is 54.6 Å². The Balaban J connectivity index is 1.74. The number of aryl methyl sites for hydroxylation is 1. The fourth-order valence-corrected chi connectivity index (χ4v) is 3.84. The van der Waals surface area contributed by atoms with Gasteiger partial charge in [-0.25, -0.2) is 9.97 Å². The van der Waals surface area contributed by atoms with Crippen LogP contribution < -0.4 is 21.7 Å². The lowest BCUT2D eigenvalue weighted by Gasteiger charge is -2.25. The predicted molar refractivity (Wildman–Crippen MR) is 125 cm³/mol. The molecule has 8 heteroatoms. The minimum absolute atomic E-state index is 0.0648. The minimum atomic E-state index is -0.673. The summed E-state index contributed by atoms with van der Waals surface area (Å²) in [4.78, 5) is 34.5. The molecule has 32 heavy (non-hydrogen) atoms. The molecule has 4 rings (SSSR count). The van der Waals surface area contributed by atoms with Gasteiger partial charge >= 0.3 is 0 Å². The molecule has 1 unspecified atom stereocenters. The van der Waals surface area contributed by atoms with Crippen LogP contribution in [0.5, 0.6) is 0 Å². The second-order valence-corrected chi connectivity index (χ2v) is 7.88. The van der Waals surface area contributed by atoms with Crippen molar-refractivity contribution < 1.29 is 9.59 Å². The fraction of sp³-hybridized carbons (Fsp3) is 0.250. The van der Waals surface area contributed by atoms with Crippen molar-refractivity contribution in [2.75, 3.05) is 16.8 Å². The molecule has 0 aliphatic carbocycles. The molecule has 3 aromatic rings. The molecule has 0 fully saturated rings. The number of carbonyl (C=O) groups excluding carboxylic acids is 2. The summed E-state index contributed by atoms with van der Waals surface area (Å²) in [5, 5.41) is 2.91. The van der Waals surface area contributed by atoms with Crippen molar-refractivity contribution in [3.8, 4) is 11.4 Å². The van der Waals surface area contributed by atoms with Gasteiger partial charge in [-0.05, 0) is 62.1 Å². The molecule has 2 aromatic carbocycles. The van der Waals surface area contributed by atoms with Crippen LogP contribution in [-0.2, 0) is 11.2 Å². The highest BCUT2D eigenvalue weighted by Gasteiger charge is 2.19. The summed E-state index contributed by atoms with van der Waals surface area (Å²) in [6.45, 7) is 2.57. The van der Waals surface area contributed by atoms with Crippen LogP contribution in [-0.4, -0.2) is 34.4 Å². The van der Waals surface area contributed by atoms with Gasteiger partial charge in [0, 0.05) is 29.5 Å². The van der Waals surface area contributed by atoms with Gasteiger partial charge in [-0.2, -0.15) is 0 Å². The molecule has 0 spiro atoms. The van der Waals surface area contributed by atoms with E-state index in [0.717, 1.165) is 42.7 Å². The van der Waals surface area contributed by atoms with E-state index < -0.39 is 17.9 Å². The van der Waals surface area contributed by atoms with E-state index in [1.54, 1.807) is 6.92 Å². The summed E-state index contributed by atoms with van der Waals surface area (Å²) >= 11 is 0. The number of rotatable bonds is 6. The van der Waals surface area contributed by atoms with Gasteiger partial charge in [0.2, 0.25) is 5.91 Å². The highest BCUT2D eigenvalue weighted by molar-refractivity contribution is 5.92. The summed E-state index contributed by atoms with van der Waals surface area (Å²) in [5.41, 5.74) is 15.2. The average Bonchev–Trinajstić information content (AvgIpc) is 3.01. The molecule has 0 saturated carbocycles. The van der Waals surface area contributed by atoms with Crippen LogP contribution in [0.4, 0.5) is 17.2 Å². The normalized spacial score (nSPS) is 14.2. The third kappa shape index (κ3) is 4.54. The van der Waals surface area contributed by atoms with Crippen LogP contribution in [0.25, 0.3) is 11.4 Å². The number of nitrogens with two attached hydrogens (primary N) is 2. The Bertz CT molecular complexity index is 1150. The highest BCUT2D eigenvalue weighted by atomic mass is 16.1. The number of fused-ring (bicyclic) bond motifs is 1. The van der Waals surface area contributed by atoms with Gasteiger partial charge in [0.15, 0.2) is 5.82 Å². The SMILES string of the molecule is CC(Nc1cc(C(N)=O)nc(-c2ccc3c(c2)CCCCN3c2ccccc2)n1)C(N)=O. The number of benzene rings is 2. The van der Waals surface area contributed by atoms with Crippen LogP contribution in [0, 0.1) is 0 Å². The lowest BCUT2D eigenvalue weighted by atomic mass is 10.0. The Morgan fingerprint density at radius 3 is 2.53 bits per heavy atom. The van der Waals surface area contributed by atoms with E-state index in [0.29, 0.717) is 11.6 Å². The molecule has 0 radical (unpaired) electrons. The quantitative estimate of drug-likeness (QED) is 0.552. The molecule has 1 aliphatic heterocycles. The van der Waals surface area contributed by atoms with Gasteiger partial charge in [-0.1, -0.05) is 18.2 Å². The topological polar surface area (TPSA) is 127 Å². The molecule has 2 heterocycles. The van der Waals surface area contributed by atoms with Crippen molar-refractivity contribution in [1.29, 1.82) is 0 Å². The second-order valence-electron chi connectivity index (χ2n) is 7.88. The lowest BCUT2D eigenvalue weighted by Crippen LogP contribution is -2.33. The first-order valence-electron chi connectivity index (χ1n) is 10.6. The van der Waals surface area contributed by atoms with E-state index >= 15 is 0 Å². The largest absolute Gasteiger partial charge is 0.368 e. The van der Waals surface area contributed by atoms with Gasteiger partial charge in [0.25, 0.3) is 5.91 Å². The molecule has 1 aliphatic rings. The number of aromatic nitrogens is 2. The van der Waals surface area contributed by atoms with E-state index in [-0.39, 0.29) is 5.69 Å². The van der Waals surface area contributed by atoms with Gasteiger partial charge in [-0.15, -0.1) is 0 Å². The van der Waals surface area contributed by atoms with Crippen LogP contribution in [0.3, 0.4) is 0 Å². The molecule has 2 amide bonds. The standard InChI is InChI=1S/C24H26N6O2/c1-15(22(25)31)27-21-14-19(23(26)32)28-24(29-21)17-10-11-20-16(13-17)7-5-6-12-30(20)18-8-3-2-4-9-18/h2-4,8-11,13-15H,5-7,12H2,1H3,(H2,25,31)(H2,26,32)(H,27,28,29). The maximum atomic E-state index is 11.8. The zero-order chi connectivity index (χ0) is 22.7. The van der Waals surface area contributed by atoms with E-state index in [4.69, 9.17) is 11.5 Å². The molecule has 8 nitrogen and oxygen atoms in total. The van der Waals surface area contributed by atoms with E-state index in [1.807, 2.05) is 24.3 Å². The number of para-hydroxylation sites is 1.